The molecule has 0 aromatic heterocycles. The van der Waals surface area contributed by atoms with Gasteiger partial charge >= 0.3 is 5.97 Å². The molecule has 0 aliphatic carbocycles. The Morgan fingerprint density at radius 2 is 1.95 bits per heavy atom. The van der Waals surface area contributed by atoms with Crippen LogP contribution in [-0.4, -0.2) is 48.2 Å². The number of hydrogen-bond donors (Lipinski definition) is 2. The summed E-state index contributed by atoms with van der Waals surface area (Å²) in [5.74, 6) is -0.782. The standard InChI is InChI=1S/C16H26N2O2/c1-4-17-16(2,15(19)20)11-13-18(3)12-10-14-8-6-5-7-9-14/h5-9,17H,4,10-13H2,1-3H3,(H,19,20). The molecule has 112 valence electrons. The maximum atomic E-state index is 11.3. The molecule has 0 aliphatic rings. The summed E-state index contributed by atoms with van der Waals surface area (Å²) >= 11 is 0. The maximum Gasteiger partial charge on any atom is 0.323 e. The predicted molar refractivity (Wildman–Crippen MR) is 82.0 cm³/mol. The van der Waals surface area contributed by atoms with Gasteiger partial charge in [-0.15, -0.1) is 0 Å². The molecule has 1 unspecified atom stereocenters. The van der Waals surface area contributed by atoms with E-state index >= 15 is 0 Å². The van der Waals surface area contributed by atoms with Crippen molar-refractivity contribution in [2.45, 2.75) is 32.2 Å². The van der Waals surface area contributed by atoms with E-state index in [1.54, 1.807) is 6.92 Å². The van der Waals surface area contributed by atoms with E-state index in [1.165, 1.54) is 5.56 Å². The number of nitrogens with one attached hydrogen (secondary N) is 1. The molecule has 2 N–H and O–H groups in total. The summed E-state index contributed by atoms with van der Waals surface area (Å²) in [7, 11) is 2.04. The number of aliphatic carboxylic acids is 1. The van der Waals surface area contributed by atoms with Gasteiger partial charge in [0.05, 0.1) is 0 Å². The molecule has 0 heterocycles. The SMILES string of the molecule is CCNC(C)(CCN(C)CCc1ccccc1)C(=O)O. The molecular weight excluding hydrogens is 252 g/mol. The van der Waals surface area contributed by atoms with E-state index in [-0.39, 0.29) is 0 Å². The Balaban J connectivity index is 2.38. The van der Waals surface area contributed by atoms with Crippen LogP contribution < -0.4 is 5.32 Å². The van der Waals surface area contributed by atoms with Crippen LogP contribution in [0.2, 0.25) is 0 Å². The number of benzene rings is 1. The van der Waals surface area contributed by atoms with Crippen LogP contribution in [-0.2, 0) is 11.2 Å². The summed E-state index contributed by atoms with van der Waals surface area (Å²) in [6.45, 7) is 6.05. The first-order valence-corrected chi connectivity index (χ1v) is 7.19. The van der Waals surface area contributed by atoms with E-state index in [0.29, 0.717) is 13.0 Å². The van der Waals surface area contributed by atoms with Gasteiger partial charge in [0.15, 0.2) is 0 Å². The molecule has 0 radical (unpaired) electrons. The highest BCUT2D eigenvalue weighted by atomic mass is 16.4. The number of hydrogen-bond acceptors (Lipinski definition) is 3. The van der Waals surface area contributed by atoms with Gasteiger partial charge < -0.3 is 15.3 Å². The zero-order valence-electron chi connectivity index (χ0n) is 12.7. The van der Waals surface area contributed by atoms with Gasteiger partial charge in [0.1, 0.15) is 5.54 Å². The minimum absolute atomic E-state index is 0.599. The van der Waals surface area contributed by atoms with Crippen molar-refractivity contribution >= 4 is 5.97 Å². The Kier molecular flexibility index (Phi) is 6.68. The van der Waals surface area contributed by atoms with Gasteiger partial charge in [-0.05, 0) is 38.9 Å². The second-order valence-electron chi connectivity index (χ2n) is 5.46. The van der Waals surface area contributed by atoms with Crippen LogP contribution in [0, 0.1) is 0 Å². The topological polar surface area (TPSA) is 52.6 Å². The highest BCUT2D eigenvalue weighted by molar-refractivity contribution is 5.78. The minimum atomic E-state index is -0.838. The van der Waals surface area contributed by atoms with E-state index in [4.69, 9.17) is 0 Å². The summed E-state index contributed by atoms with van der Waals surface area (Å²) in [4.78, 5) is 13.5. The fourth-order valence-electron chi connectivity index (χ4n) is 2.15. The summed E-state index contributed by atoms with van der Waals surface area (Å²) in [5, 5.41) is 12.4. The lowest BCUT2D eigenvalue weighted by atomic mass is 9.97. The van der Waals surface area contributed by atoms with Crippen LogP contribution in [0.3, 0.4) is 0 Å². The Morgan fingerprint density at radius 3 is 2.50 bits per heavy atom. The number of likely N-dealkylation sites (N-methyl/N-ethyl adjacent to an activating group) is 2. The van der Waals surface area contributed by atoms with E-state index in [1.807, 2.05) is 32.2 Å². The average molecular weight is 278 g/mol. The first-order valence-electron chi connectivity index (χ1n) is 7.19. The summed E-state index contributed by atoms with van der Waals surface area (Å²) in [6.07, 6.45) is 1.59. The molecule has 1 aromatic rings. The van der Waals surface area contributed by atoms with Crippen molar-refractivity contribution in [1.82, 2.24) is 10.2 Å². The molecule has 0 saturated carbocycles. The second kappa shape index (κ2) is 8.02. The fourth-order valence-corrected chi connectivity index (χ4v) is 2.15. The lowest BCUT2D eigenvalue weighted by Crippen LogP contribution is -2.51. The van der Waals surface area contributed by atoms with E-state index < -0.39 is 11.5 Å². The highest BCUT2D eigenvalue weighted by Crippen LogP contribution is 2.11. The third-order valence-corrected chi connectivity index (χ3v) is 3.66. The summed E-state index contributed by atoms with van der Waals surface area (Å²) in [6, 6.07) is 10.3. The third-order valence-electron chi connectivity index (χ3n) is 3.66. The van der Waals surface area contributed by atoms with Crippen molar-refractivity contribution in [3.05, 3.63) is 35.9 Å². The first kappa shape index (κ1) is 16.7. The van der Waals surface area contributed by atoms with Gasteiger partial charge in [-0.25, -0.2) is 0 Å². The van der Waals surface area contributed by atoms with Crippen LogP contribution in [0.1, 0.15) is 25.8 Å². The van der Waals surface area contributed by atoms with Crippen LogP contribution in [0.5, 0.6) is 0 Å². The fraction of sp³-hybridized carbons (Fsp3) is 0.562. The predicted octanol–water partition coefficient (Wildman–Crippen LogP) is 2.00. The molecule has 0 fully saturated rings. The number of nitrogens with zero attached hydrogens (tertiary/aromatic N) is 1. The smallest absolute Gasteiger partial charge is 0.323 e. The number of carboxylic acids is 1. The Bertz CT molecular complexity index is 408. The lowest BCUT2D eigenvalue weighted by Gasteiger charge is -2.28. The summed E-state index contributed by atoms with van der Waals surface area (Å²) in [5.41, 5.74) is 0.475. The van der Waals surface area contributed by atoms with E-state index in [0.717, 1.165) is 19.5 Å². The molecular formula is C16H26N2O2. The number of carboxylic acid groups (broad SMARTS) is 1. The normalized spacial score (nSPS) is 14.2. The van der Waals surface area contributed by atoms with Gasteiger partial charge in [0, 0.05) is 13.1 Å². The van der Waals surface area contributed by atoms with Gasteiger partial charge in [-0.3, -0.25) is 4.79 Å². The molecule has 0 bridgehead atoms. The van der Waals surface area contributed by atoms with Crippen molar-refractivity contribution in [1.29, 1.82) is 0 Å². The molecule has 1 atom stereocenters. The molecule has 4 heteroatoms. The van der Waals surface area contributed by atoms with E-state index in [9.17, 15) is 9.90 Å². The molecule has 20 heavy (non-hydrogen) atoms. The number of rotatable bonds is 9. The minimum Gasteiger partial charge on any atom is -0.480 e. The van der Waals surface area contributed by atoms with E-state index in [2.05, 4.69) is 22.3 Å². The second-order valence-corrected chi connectivity index (χ2v) is 5.46. The van der Waals surface area contributed by atoms with Crippen molar-refractivity contribution < 1.29 is 9.90 Å². The van der Waals surface area contributed by atoms with Gasteiger partial charge in [-0.1, -0.05) is 37.3 Å². The lowest BCUT2D eigenvalue weighted by molar-refractivity contribution is -0.144. The third kappa shape index (κ3) is 5.31. The largest absolute Gasteiger partial charge is 0.480 e. The maximum absolute atomic E-state index is 11.3. The van der Waals surface area contributed by atoms with Crippen LogP contribution >= 0.6 is 0 Å². The monoisotopic (exact) mass is 278 g/mol. The molecule has 0 aliphatic heterocycles. The van der Waals surface area contributed by atoms with Gasteiger partial charge in [-0.2, -0.15) is 0 Å². The van der Waals surface area contributed by atoms with Crippen LogP contribution in [0.25, 0.3) is 0 Å². The zero-order chi connectivity index (χ0) is 15.0. The number of carbonyl (C=O) groups is 1. The van der Waals surface area contributed by atoms with Crippen molar-refractivity contribution in [3.8, 4) is 0 Å². The van der Waals surface area contributed by atoms with Gasteiger partial charge in [0.25, 0.3) is 0 Å². The first-order chi connectivity index (χ1) is 9.48. The van der Waals surface area contributed by atoms with Crippen molar-refractivity contribution in [2.24, 2.45) is 0 Å². The molecule has 1 rings (SSSR count). The molecule has 0 saturated heterocycles. The highest BCUT2D eigenvalue weighted by Gasteiger charge is 2.31. The van der Waals surface area contributed by atoms with Crippen LogP contribution in [0.15, 0.2) is 30.3 Å². The molecule has 0 spiro atoms. The average Bonchev–Trinajstić information content (AvgIpc) is 2.44. The van der Waals surface area contributed by atoms with Crippen LogP contribution in [0.4, 0.5) is 0 Å². The van der Waals surface area contributed by atoms with Gasteiger partial charge in [0.2, 0.25) is 0 Å². The zero-order valence-corrected chi connectivity index (χ0v) is 12.7. The molecule has 4 nitrogen and oxygen atoms in total. The molecule has 1 aromatic carbocycles. The van der Waals surface area contributed by atoms with Crippen molar-refractivity contribution in [3.63, 3.8) is 0 Å². The Labute approximate surface area is 121 Å². The molecule has 0 amide bonds. The Morgan fingerprint density at radius 1 is 1.30 bits per heavy atom. The Hall–Kier alpha value is -1.39. The quantitative estimate of drug-likeness (QED) is 0.725. The van der Waals surface area contributed by atoms with Crippen molar-refractivity contribution in [2.75, 3.05) is 26.7 Å². The summed E-state index contributed by atoms with van der Waals surface area (Å²) < 4.78 is 0.